The summed E-state index contributed by atoms with van der Waals surface area (Å²) >= 11 is 0. The Morgan fingerprint density at radius 3 is 2.36 bits per heavy atom. The molecule has 3 nitrogen and oxygen atoms in total. The molecule has 25 heavy (non-hydrogen) atoms. The van der Waals surface area contributed by atoms with Crippen LogP contribution in [-0.2, 0) is 4.79 Å². The maximum atomic E-state index is 13.2. The number of fused-ring (bicyclic) bond motifs is 1. The Hall–Kier alpha value is -2.13. The van der Waals surface area contributed by atoms with Crippen LogP contribution in [0.15, 0.2) is 54.6 Å². The fraction of sp³-hybridized carbons (Fsp3) is 0.409. The summed E-state index contributed by atoms with van der Waals surface area (Å²) in [5.41, 5.74) is 3.34. The number of likely N-dealkylation sites (tertiary alicyclic amines) is 1. The van der Waals surface area contributed by atoms with Crippen LogP contribution in [0.1, 0.15) is 42.7 Å². The molecule has 0 aromatic heterocycles. The Morgan fingerprint density at radius 1 is 0.840 bits per heavy atom. The number of carbonyl (C=O) groups excluding carboxylic acids is 1. The molecule has 0 radical (unpaired) electrons. The smallest absolute Gasteiger partial charge is 0.239 e. The topological polar surface area (TPSA) is 23.6 Å². The second-order valence-electron chi connectivity index (χ2n) is 7.15. The molecule has 2 aliphatic heterocycles. The third-order valence-electron chi connectivity index (χ3n) is 5.49. The molecule has 1 fully saturated rings. The summed E-state index contributed by atoms with van der Waals surface area (Å²) in [7, 11) is 0. The molecule has 2 aromatic carbocycles. The van der Waals surface area contributed by atoms with E-state index < -0.39 is 0 Å². The maximum Gasteiger partial charge on any atom is 0.239 e. The van der Waals surface area contributed by atoms with E-state index >= 15 is 0 Å². The van der Waals surface area contributed by atoms with Gasteiger partial charge >= 0.3 is 0 Å². The molecule has 1 amide bonds. The second-order valence-corrected chi connectivity index (χ2v) is 7.15. The molecule has 0 aliphatic carbocycles. The lowest BCUT2D eigenvalue weighted by atomic mass is 9.93. The van der Waals surface area contributed by atoms with Gasteiger partial charge < -0.3 is 9.80 Å². The van der Waals surface area contributed by atoms with Gasteiger partial charge in [0, 0.05) is 12.2 Å². The summed E-state index contributed by atoms with van der Waals surface area (Å²) in [6, 6.07) is 18.5. The molecular formula is C22H26N2O. The summed E-state index contributed by atoms with van der Waals surface area (Å²) in [5, 5.41) is 0. The quantitative estimate of drug-likeness (QED) is 0.824. The van der Waals surface area contributed by atoms with Crippen LogP contribution in [0.3, 0.4) is 0 Å². The Labute approximate surface area is 150 Å². The van der Waals surface area contributed by atoms with Gasteiger partial charge in [-0.15, -0.1) is 0 Å². The van der Waals surface area contributed by atoms with Gasteiger partial charge in [-0.05, 0) is 56.1 Å². The summed E-state index contributed by atoms with van der Waals surface area (Å²) < 4.78 is 0. The van der Waals surface area contributed by atoms with Gasteiger partial charge in [0.05, 0.1) is 5.92 Å². The molecule has 130 valence electrons. The van der Waals surface area contributed by atoms with Crippen molar-refractivity contribution in [1.29, 1.82) is 0 Å². The molecule has 2 heterocycles. The van der Waals surface area contributed by atoms with Crippen molar-refractivity contribution in [3.8, 4) is 0 Å². The standard InChI is InChI=1S/C22H26N2O/c25-22-21(18-10-3-1-4-11-18)19-12-5-6-13-20(19)24(22)17-9-16-23-14-7-2-8-15-23/h1,3-6,10-13,21H,2,7-9,14-17H2. The molecule has 0 spiro atoms. The molecule has 4 rings (SSSR count). The molecule has 0 N–H and O–H groups in total. The van der Waals surface area contributed by atoms with E-state index in [2.05, 4.69) is 29.2 Å². The first-order chi connectivity index (χ1) is 12.3. The number of hydrogen-bond donors (Lipinski definition) is 0. The zero-order valence-electron chi connectivity index (χ0n) is 14.7. The van der Waals surface area contributed by atoms with Gasteiger partial charge in [0.25, 0.3) is 0 Å². The number of carbonyl (C=O) groups is 1. The summed E-state index contributed by atoms with van der Waals surface area (Å²) in [5.74, 6) is 0.0819. The van der Waals surface area contributed by atoms with Crippen molar-refractivity contribution in [3.63, 3.8) is 0 Å². The molecule has 2 aromatic rings. The summed E-state index contributed by atoms with van der Waals surface area (Å²) in [4.78, 5) is 17.7. The average molecular weight is 334 g/mol. The highest BCUT2D eigenvalue weighted by Crippen LogP contribution is 2.40. The fourth-order valence-corrected chi connectivity index (χ4v) is 4.22. The number of benzene rings is 2. The molecule has 1 atom stereocenters. The fourth-order valence-electron chi connectivity index (χ4n) is 4.22. The van der Waals surface area contributed by atoms with Crippen LogP contribution in [0.2, 0.25) is 0 Å². The molecule has 0 bridgehead atoms. The Balaban J connectivity index is 1.50. The maximum absolute atomic E-state index is 13.2. The van der Waals surface area contributed by atoms with Crippen LogP contribution in [0.4, 0.5) is 5.69 Å². The first kappa shape index (κ1) is 16.3. The third-order valence-corrected chi connectivity index (χ3v) is 5.49. The molecule has 2 aliphatic rings. The lowest BCUT2D eigenvalue weighted by molar-refractivity contribution is -0.118. The van der Waals surface area contributed by atoms with Crippen molar-refractivity contribution in [2.24, 2.45) is 0 Å². The average Bonchev–Trinajstić information content (AvgIpc) is 2.95. The minimum absolute atomic E-state index is 0.146. The molecule has 0 saturated carbocycles. The highest BCUT2D eigenvalue weighted by molar-refractivity contribution is 6.06. The van der Waals surface area contributed by atoms with E-state index in [1.807, 2.05) is 35.2 Å². The summed E-state index contributed by atoms with van der Waals surface area (Å²) in [6.07, 6.45) is 5.05. The molecule has 1 unspecified atom stereocenters. The number of hydrogen-bond acceptors (Lipinski definition) is 2. The van der Waals surface area contributed by atoms with Crippen LogP contribution >= 0.6 is 0 Å². The predicted octanol–water partition coefficient (Wildman–Crippen LogP) is 4.04. The minimum Gasteiger partial charge on any atom is -0.311 e. The summed E-state index contributed by atoms with van der Waals surface area (Å²) in [6.45, 7) is 4.35. The number of piperidine rings is 1. The van der Waals surface area contributed by atoms with Crippen molar-refractivity contribution < 1.29 is 4.79 Å². The van der Waals surface area contributed by atoms with Gasteiger partial charge in [0.2, 0.25) is 5.91 Å². The lowest BCUT2D eigenvalue weighted by Gasteiger charge is -2.27. The number of amides is 1. The van der Waals surface area contributed by atoms with Crippen molar-refractivity contribution >= 4 is 11.6 Å². The molecule has 1 saturated heterocycles. The minimum atomic E-state index is -0.146. The Kier molecular flexibility index (Phi) is 4.84. The van der Waals surface area contributed by atoms with E-state index in [9.17, 15) is 4.79 Å². The number of rotatable bonds is 5. The van der Waals surface area contributed by atoms with Crippen molar-refractivity contribution in [1.82, 2.24) is 4.90 Å². The van der Waals surface area contributed by atoms with E-state index in [1.165, 1.54) is 32.4 Å². The number of para-hydroxylation sites is 1. The monoisotopic (exact) mass is 334 g/mol. The van der Waals surface area contributed by atoms with E-state index in [0.717, 1.165) is 36.3 Å². The van der Waals surface area contributed by atoms with E-state index in [-0.39, 0.29) is 11.8 Å². The van der Waals surface area contributed by atoms with Crippen LogP contribution in [0, 0.1) is 0 Å². The zero-order valence-corrected chi connectivity index (χ0v) is 14.7. The van der Waals surface area contributed by atoms with Crippen LogP contribution in [-0.4, -0.2) is 37.0 Å². The van der Waals surface area contributed by atoms with Gasteiger partial charge in [-0.2, -0.15) is 0 Å². The van der Waals surface area contributed by atoms with Crippen molar-refractivity contribution in [3.05, 3.63) is 65.7 Å². The van der Waals surface area contributed by atoms with E-state index in [0.29, 0.717) is 0 Å². The van der Waals surface area contributed by atoms with Crippen molar-refractivity contribution in [2.75, 3.05) is 31.1 Å². The second kappa shape index (κ2) is 7.40. The normalized spacial score (nSPS) is 20.7. The van der Waals surface area contributed by atoms with Gasteiger partial charge in [-0.3, -0.25) is 4.79 Å². The number of nitrogens with zero attached hydrogens (tertiary/aromatic N) is 2. The highest BCUT2D eigenvalue weighted by Gasteiger charge is 2.37. The third kappa shape index (κ3) is 3.34. The van der Waals surface area contributed by atoms with Gasteiger partial charge in [0.15, 0.2) is 0 Å². The van der Waals surface area contributed by atoms with Crippen LogP contribution < -0.4 is 4.90 Å². The van der Waals surface area contributed by atoms with Crippen LogP contribution in [0.5, 0.6) is 0 Å². The van der Waals surface area contributed by atoms with Crippen LogP contribution in [0.25, 0.3) is 0 Å². The first-order valence-electron chi connectivity index (χ1n) is 9.52. The van der Waals surface area contributed by atoms with Crippen molar-refractivity contribution in [2.45, 2.75) is 31.6 Å². The lowest BCUT2D eigenvalue weighted by Crippen LogP contribution is -2.35. The van der Waals surface area contributed by atoms with Gasteiger partial charge in [0.1, 0.15) is 0 Å². The van der Waals surface area contributed by atoms with E-state index in [1.54, 1.807) is 0 Å². The number of anilines is 1. The molecule has 3 heteroatoms. The Morgan fingerprint density at radius 2 is 1.56 bits per heavy atom. The highest BCUT2D eigenvalue weighted by atomic mass is 16.2. The SMILES string of the molecule is O=C1C(c2ccccc2)c2ccccc2N1CCCN1CCCCC1. The van der Waals surface area contributed by atoms with E-state index in [4.69, 9.17) is 0 Å². The Bertz CT molecular complexity index is 722. The first-order valence-corrected chi connectivity index (χ1v) is 9.52. The molecular weight excluding hydrogens is 308 g/mol. The van der Waals surface area contributed by atoms with Gasteiger partial charge in [-0.25, -0.2) is 0 Å². The largest absolute Gasteiger partial charge is 0.311 e. The zero-order chi connectivity index (χ0) is 17.1. The van der Waals surface area contributed by atoms with Gasteiger partial charge in [-0.1, -0.05) is 55.0 Å². The predicted molar refractivity (Wildman–Crippen MR) is 102 cm³/mol.